The molecule has 0 atom stereocenters. The molecule has 9 heteroatoms. The Morgan fingerprint density at radius 1 is 1.03 bits per heavy atom. The van der Waals surface area contributed by atoms with E-state index in [2.05, 4.69) is 15.6 Å². The van der Waals surface area contributed by atoms with Crippen molar-refractivity contribution < 1.29 is 19.1 Å². The maximum atomic E-state index is 13.2. The van der Waals surface area contributed by atoms with Crippen molar-refractivity contribution in [1.29, 1.82) is 0 Å². The lowest BCUT2D eigenvalue weighted by Gasteiger charge is -2.14. The number of rotatable bonds is 7. The van der Waals surface area contributed by atoms with Crippen molar-refractivity contribution in [3.8, 4) is 11.5 Å². The number of nitrogens with zero attached hydrogens (tertiary/aromatic N) is 2. The monoisotopic (exact) mass is 462 g/mol. The molecule has 176 valence electrons. The number of hydrogen-bond donors (Lipinski definition) is 2. The second-order valence-electron chi connectivity index (χ2n) is 8.60. The van der Waals surface area contributed by atoms with Crippen LogP contribution in [-0.4, -0.2) is 34.2 Å². The quantitative estimate of drug-likeness (QED) is 0.559. The van der Waals surface area contributed by atoms with Crippen molar-refractivity contribution in [2.45, 2.75) is 51.1 Å². The molecular formula is C25H26N4O5. The molecule has 1 saturated carbocycles. The zero-order valence-electron chi connectivity index (χ0n) is 18.7. The summed E-state index contributed by atoms with van der Waals surface area (Å²) in [6.07, 6.45) is 4.68. The number of para-hydroxylation sites is 2. The third kappa shape index (κ3) is 4.73. The van der Waals surface area contributed by atoms with E-state index in [0.717, 1.165) is 25.7 Å². The highest BCUT2D eigenvalue weighted by molar-refractivity contribution is 5.92. The Morgan fingerprint density at radius 3 is 2.68 bits per heavy atom. The SMILES string of the molecule is O=C(Cn1c(=O)c(CCC(=O)NC2CCCC2)nc2ccccc21)Nc1ccc2c(c1)OCO2. The Balaban J connectivity index is 1.33. The molecule has 2 N–H and O–H groups in total. The van der Waals surface area contributed by atoms with Gasteiger partial charge in [0.1, 0.15) is 12.2 Å². The molecule has 5 rings (SSSR count). The van der Waals surface area contributed by atoms with Crippen molar-refractivity contribution in [1.82, 2.24) is 14.9 Å². The highest BCUT2D eigenvalue weighted by atomic mass is 16.7. The van der Waals surface area contributed by atoms with E-state index < -0.39 is 0 Å². The van der Waals surface area contributed by atoms with Crippen molar-refractivity contribution in [3.63, 3.8) is 0 Å². The minimum atomic E-state index is -0.367. The maximum Gasteiger partial charge on any atom is 0.273 e. The van der Waals surface area contributed by atoms with E-state index in [9.17, 15) is 14.4 Å². The Labute approximate surface area is 196 Å². The fraction of sp³-hybridized carbons (Fsp3) is 0.360. The average Bonchev–Trinajstić information content (AvgIpc) is 3.51. The van der Waals surface area contributed by atoms with Gasteiger partial charge in [-0.3, -0.25) is 19.0 Å². The summed E-state index contributed by atoms with van der Waals surface area (Å²) < 4.78 is 12.1. The minimum absolute atomic E-state index is 0.0756. The van der Waals surface area contributed by atoms with E-state index in [1.807, 2.05) is 6.07 Å². The number of carbonyl (C=O) groups excluding carboxylic acids is 2. The Hall–Kier alpha value is -3.88. The molecule has 3 aromatic rings. The molecule has 1 fully saturated rings. The van der Waals surface area contributed by atoms with Crippen LogP contribution in [0.25, 0.3) is 11.0 Å². The van der Waals surface area contributed by atoms with Crippen LogP contribution in [0.4, 0.5) is 5.69 Å². The van der Waals surface area contributed by atoms with Crippen LogP contribution >= 0.6 is 0 Å². The first-order chi connectivity index (χ1) is 16.6. The van der Waals surface area contributed by atoms with Gasteiger partial charge in [-0.15, -0.1) is 0 Å². The second kappa shape index (κ2) is 9.54. The van der Waals surface area contributed by atoms with Crippen LogP contribution < -0.4 is 25.7 Å². The molecule has 9 nitrogen and oxygen atoms in total. The number of aryl methyl sites for hydroxylation is 1. The summed E-state index contributed by atoms with van der Waals surface area (Å²) in [7, 11) is 0. The van der Waals surface area contributed by atoms with Gasteiger partial charge < -0.3 is 20.1 Å². The minimum Gasteiger partial charge on any atom is -0.454 e. The van der Waals surface area contributed by atoms with Gasteiger partial charge in [-0.1, -0.05) is 25.0 Å². The summed E-state index contributed by atoms with van der Waals surface area (Å²) in [6, 6.07) is 12.5. The van der Waals surface area contributed by atoms with E-state index in [4.69, 9.17) is 9.47 Å². The largest absolute Gasteiger partial charge is 0.454 e. The molecule has 0 radical (unpaired) electrons. The molecule has 2 heterocycles. The first kappa shape index (κ1) is 21.9. The predicted octanol–water partition coefficient (Wildman–Crippen LogP) is 2.76. The van der Waals surface area contributed by atoms with E-state index in [1.165, 1.54) is 4.57 Å². The lowest BCUT2D eigenvalue weighted by molar-refractivity contribution is -0.121. The summed E-state index contributed by atoms with van der Waals surface area (Å²) in [6.45, 7) is -0.0375. The van der Waals surface area contributed by atoms with Crippen LogP contribution in [0.3, 0.4) is 0 Å². The van der Waals surface area contributed by atoms with Crippen LogP contribution in [0.2, 0.25) is 0 Å². The van der Waals surface area contributed by atoms with Crippen molar-refractivity contribution in [3.05, 3.63) is 58.5 Å². The molecule has 1 aromatic heterocycles. The fourth-order valence-corrected chi connectivity index (χ4v) is 4.49. The Bertz CT molecular complexity index is 1300. The number of anilines is 1. The number of amides is 2. The molecule has 2 amide bonds. The molecule has 0 unspecified atom stereocenters. The lowest BCUT2D eigenvalue weighted by Crippen LogP contribution is -2.34. The third-order valence-electron chi connectivity index (χ3n) is 6.19. The number of ether oxygens (including phenoxy) is 2. The van der Waals surface area contributed by atoms with Gasteiger partial charge in [-0.2, -0.15) is 0 Å². The molecule has 1 aliphatic carbocycles. The summed E-state index contributed by atoms with van der Waals surface area (Å²) in [5.74, 6) is 0.744. The van der Waals surface area contributed by atoms with Gasteiger partial charge in [0, 0.05) is 30.6 Å². The number of benzene rings is 2. The van der Waals surface area contributed by atoms with Crippen LogP contribution in [0.1, 0.15) is 37.8 Å². The van der Waals surface area contributed by atoms with Crippen LogP contribution in [0.5, 0.6) is 11.5 Å². The summed E-state index contributed by atoms with van der Waals surface area (Å²) in [4.78, 5) is 42.9. The van der Waals surface area contributed by atoms with Crippen molar-refractivity contribution >= 4 is 28.5 Å². The summed E-state index contributed by atoms with van der Waals surface area (Å²) in [5, 5.41) is 5.84. The molecule has 0 spiro atoms. The lowest BCUT2D eigenvalue weighted by atomic mass is 10.2. The summed E-state index contributed by atoms with van der Waals surface area (Å²) in [5.41, 5.74) is 1.62. The normalized spacial score (nSPS) is 14.9. The molecule has 1 aliphatic heterocycles. The van der Waals surface area contributed by atoms with Gasteiger partial charge in [0.05, 0.1) is 11.0 Å². The second-order valence-corrected chi connectivity index (χ2v) is 8.60. The summed E-state index contributed by atoms with van der Waals surface area (Å²) >= 11 is 0. The molecule has 0 bridgehead atoms. The first-order valence-corrected chi connectivity index (χ1v) is 11.5. The number of carbonyl (C=O) groups is 2. The van der Waals surface area contributed by atoms with Gasteiger partial charge in [0.2, 0.25) is 18.6 Å². The maximum absolute atomic E-state index is 13.2. The predicted molar refractivity (Wildman–Crippen MR) is 126 cm³/mol. The topological polar surface area (TPSA) is 112 Å². The first-order valence-electron chi connectivity index (χ1n) is 11.5. The van der Waals surface area contributed by atoms with Gasteiger partial charge in [-0.05, 0) is 37.1 Å². The Morgan fingerprint density at radius 2 is 1.82 bits per heavy atom. The molecule has 0 saturated heterocycles. The van der Waals surface area contributed by atoms with E-state index >= 15 is 0 Å². The van der Waals surface area contributed by atoms with E-state index in [-0.39, 0.29) is 55.3 Å². The number of fused-ring (bicyclic) bond motifs is 2. The smallest absolute Gasteiger partial charge is 0.273 e. The third-order valence-corrected chi connectivity index (χ3v) is 6.19. The fourth-order valence-electron chi connectivity index (χ4n) is 4.49. The van der Waals surface area contributed by atoms with Gasteiger partial charge in [0.15, 0.2) is 11.5 Å². The van der Waals surface area contributed by atoms with Crippen LogP contribution in [-0.2, 0) is 22.6 Å². The Kier molecular flexibility index (Phi) is 6.16. The van der Waals surface area contributed by atoms with Gasteiger partial charge in [-0.25, -0.2) is 4.98 Å². The zero-order valence-corrected chi connectivity index (χ0v) is 18.7. The van der Waals surface area contributed by atoms with Gasteiger partial charge in [0.25, 0.3) is 5.56 Å². The van der Waals surface area contributed by atoms with Crippen molar-refractivity contribution in [2.24, 2.45) is 0 Å². The average molecular weight is 463 g/mol. The highest BCUT2D eigenvalue weighted by Crippen LogP contribution is 2.34. The standard InChI is InChI=1S/C25H26N4O5/c30-23(26-16-5-1-2-6-16)12-10-19-25(32)29(20-8-4-3-7-18(20)28-19)14-24(31)27-17-9-11-21-22(13-17)34-15-33-21/h3-4,7-9,11,13,16H,1-2,5-6,10,12,14-15H2,(H,26,30)(H,27,31). The number of aromatic nitrogens is 2. The highest BCUT2D eigenvalue weighted by Gasteiger charge is 2.19. The van der Waals surface area contributed by atoms with Crippen LogP contribution in [0.15, 0.2) is 47.3 Å². The van der Waals surface area contributed by atoms with Crippen molar-refractivity contribution in [2.75, 3.05) is 12.1 Å². The molecule has 2 aromatic carbocycles. The van der Waals surface area contributed by atoms with Crippen LogP contribution in [0, 0.1) is 0 Å². The van der Waals surface area contributed by atoms with E-state index in [1.54, 1.807) is 36.4 Å². The zero-order chi connectivity index (χ0) is 23.5. The molecule has 34 heavy (non-hydrogen) atoms. The number of nitrogens with one attached hydrogen (secondary N) is 2. The van der Waals surface area contributed by atoms with E-state index in [0.29, 0.717) is 28.2 Å². The van der Waals surface area contributed by atoms with Gasteiger partial charge >= 0.3 is 0 Å². The number of hydrogen-bond acceptors (Lipinski definition) is 6. The molecular weight excluding hydrogens is 436 g/mol. The molecule has 2 aliphatic rings.